The summed E-state index contributed by atoms with van der Waals surface area (Å²) in [4.78, 5) is 20.3. The zero-order valence-electron chi connectivity index (χ0n) is 14.9. The van der Waals surface area contributed by atoms with Crippen molar-refractivity contribution in [3.05, 3.63) is 0 Å². The first kappa shape index (κ1) is 21.3. The van der Waals surface area contributed by atoms with Crippen LogP contribution in [0.25, 0.3) is 0 Å². The Morgan fingerprint density at radius 3 is 2.42 bits per heavy atom. The van der Waals surface area contributed by atoms with Crippen LogP contribution in [0.5, 0.6) is 0 Å². The zero-order valence-corrected chi connectivity index (χ0v) is 17.2. The van der Waals surface area contributed by atoms with Crippen molar-refractivity contribution in [3.8, 4) is 0 Å². The summed E-state index contributed by atoms with van der Waals surface area (Å²) in [5.74, 6) is 1.19. The molecule has 2 saturated heterocycles. The van der Waals surface area contributed by atoms with Gasteiger partial charge in [0.25, 0.3) is 0 Å². The number of carbonyl (C=O) groups is 1. The van der Waals surface area contributed by atoms with Crippen LogP contribution in [0, 0.1) is 5.92 Å². The highest BCUT2D eigenvalue weighted by Gasteiger charge is 2.23. The molecule has 140 valence electrons. The van der Waals surface area contributed by atoms with E-state index < -0.39 is 0 Å². The highest BCUT2D eigenvalue weighted by Crippen LogP contribution is 2.16. The van der Waals surface area contributed by atoms with Crippen LogP contribution in [-0.4, -0.2) is 74.3 Å². The van der Waals surface area contributed by atoms with Crippen LogP contribution < -0.4 is 11.1 Å². The molecule has 2 aliphatic heterocycles. The lowest BCUT2D eigenvalue weighted by atomic mass is 9.97. The van der Waals surface area contributed by atoms with Gasteiger partial charge in [0.15, 0.2) is 5.96 Å². The molecular weight excluding hydrogens is 421 g/mol. The second-order valence-corrected chi connectivity index (χ2v) is 6.58. The van der Waals surface area contributed by atoms with Crippen LogP contribution in [0.15, 0.2) is 4.99 Å². The third-order valence-electron chi connectivity index (χ3n) is 4.73. The Bertz CT molecular complexity index is 405. The minimum atomic E-state index is -0.213. The summed E-state index contributed by atoms with van der Waals surface area (Å²) >= 11 is 0. The molecule has 1 amide bonds. The van der Waals surface area contributed by atoms with Crippen molar-refractivity contribution in [3.63, 3.8) is 0 Å². The van der Waals surface area contributed by atoms with E-state index in [-0.39, 0.29) is 30.1 Å². The number of halogens is 1. The van der Waals surface area contributed by atoms with E-state index in [0.717, 1.165) is 32.5 Å². The van der Waals surface area contributed by atoms with Crippen molar-refractivity contribution in [1.29, 1.82) is 0 Å². The van der Waals surface area contributed by atoms with Gasteiger partial charge in [0.2, 0.25) is 0 Å². The molecule has 0 aromatic heterocycles. The van der Waals surface area contributed by atoms with Crippen LogP contribution >= 0.6 is 24.0 Å². The van der Waals surface area contributed by atoms with E-state index in [1.54, 1.807) is 4.90 Å². The number of nitrogens with zero attached hydrogens (tertiary/aromatic N) is 3. The van der Waals surface area contributed by atoms with Gasteiger partial charge in [0.1, 0.15) is 0 Å². The lowest BCUT2D eigenvalue weighted by Crippen LogP contribution is -2.48. The first-order valence-corrected chi connectivity index (χ1v) is 8.75. The largest absolute Gasteiger partial charge is 0.450 e. The minimum absolute atomic E-state index is 0. The van der Waals surface area contributed by atoms with Crippen LogP contribution in [0.1, 0.15) is 32.6 Å². The molecule has 0 unspecified atom stereocenters. The number of hydrogen-bond donors (Lipinski definition) is 2. The third-order valence-corrected chi connectivity index (χ3v) is 4.73. The van der Waals surface area contributed by atoms with Crippen molar-refractivity contribution in [2.75, 3.05) is 46.4 Å². The fourth-order valence-electron chi connectivity index (χ4n) is 3.15. The number of aliphatic imine (C=N–C) groups is 1. The Morgan fingerprint density at radius 1 is 1.21 bits per heavy atom. The molecule has 24 heavy (non-hydrogen) atoms. The Hall–Kier alpha value is -0.770. The molecule has 0 aromatic rings. The minimum Gasteiger partial charge on any atom is -0.450 e. The van der Waals surface area contributed by atoms with Crippen LogP contribution in [-0.2, 0) is 4.74 Å². The van der Waals surface area contributed by atoms with Crippen LogP contribution in [0.2, 0.25) is 0 Å². The van der Waals surface area contributed by atoms with Gasteiger partial charge >= 0.3 is 6.09 Å². The maximum atomic E-state index is 11.7. The second kappa shape index (κ2) is 11.0. The van der Waals surface area contributed by atoms with Gasteiger partial charge in [-0.2, -0.15) is 0 Å². The standard InChI is InChI=1S/C16H31N5O2.HI/c1-3-23-16(22)21-10-6-14(7-11-21)19-15(17)18-12-13-4-8-20(2)9-5-13;/h13-14H,3-12H2,1-2H3,(H3,17,18,19);1H. The van der Waals surface area contributed by atoms with E-state index in [2.05, 4.69) is 22.3 Å². The van der Waals surface area contributed by atoms with E-state index in [1.165, 1.54) is 12.8 Å². The molecule has 0 spiro atoms. The van der Waals surface area contributed by atoms with Crippen molar-refractivity contribution >= 4 is 36.0 Å². The smallest absolute Gasteiger partial charge is 0.409 e. The number of nitrogens with two attached hydrogens (primary N) is 1. The Morgan fingerprint density at radius 2 is 1.83 bits per heavy atom. The SMILES string of the molecule is CCOC(=O)N1CCC(NC(N)=NCC2CCN(C)CC2)CC1.I. The van der Waals surface area contributed by atoms with Gasteiger partial charge in [-0.25, -0.2) is 4.79 Å². The molecule has 2 rings (SSSR count). The van der Waals surface area contributed by atoms with Crippen LogP contribution in [0.3, 0.4) is 0 Å². The normalized spacial score (nSPS) is 21.2. The predicted molar refractivity (Wildman–Crippen MR) is 107 cm³/mol. The first-order chi connectivity index (χ1) is 11.1. The molecule has 0 saturated carbocycles. The van der Waals surface area contributed by atoms with Crippen molar-refractivity contribution in [2.24, 2.45) is 16.6 Å². The van der Waals surface area contributed by atoms with Gasteiger partial charge in [-0.15, -0.1) is 24.0 Å². The van der Waals surface area contributed by atoms with E-state index in [9.17, 15) is 4.79 Å². The molecule has 0 radical (unpaired) electrons. The molecule has 0 aliphatic carbocycles. The second-order valence-electron chi connectivity index (χ2n) is 6.58. The predicted octanol–water partition coefficient (Wildman–Crippen LogP) is 1.47. The number of likely N-dealkylation sites (tertiary alicyclic amines) is 2. The van der Waals surface area contributed by atoms with E-state index in [4.69, 9.17) is 10.5 Å². The molecule has 0 atom stereocenters. The summed E-state index contributed by atoms with van der Waals surface area (Å²) in [6.45, 7) is 6.78. The van der Waals surface area contributed by atoms with E-state index >= 15 is 0 Å². The molecule has 7 nitrogen and oxygen atoms in total. The molecule has 2 aliphatic rings. The van der Waals surface area contributed by atoms with Gasteiger partial charge in [-0.05, 0) is 58.7 Å². The van der Waals surface area contributed by atoms with Crippen molar-refractivity contribution in [2.45, 2.75) is 38.6 Å². The molecule has 3 N–H and O–H groups in total. The average molecular weight is 453 g/mol. The fraction of sp³-hybridized carbons (Fsp3) is 0.875. The van der Waals surface area contributed by atoms with Crippen molar-refractivity contribution < 1.29 is 9.53 Å². The molecule has 8 heteroatoms. The number of piperidine rings is 2. The highest BCUT2D eigenvalue weighted by atomic mass is 127. The van der Waals surface area contributed by atoms with Gasteiger partial charge < -0.3 is 25.6 Å². The van der Waals surface area contributed by atoms with E-state index in [0.29, 0.717) is 37.6 Å². The number of hydrogen-bond acceptors (Lipinski definition) is 4. The van der Waals surface area contributed by atoms with Crippen LogP contribution in [0.4, 0.5) is 4.79 Å². The Labute approximate surface area is 162 Å². The summed E-state index contributed by atoms with van der Waals surface area (Å²) in [5, 5.41) is 3.30. The van der Waals surface area contributed by atoms with E-state index in [1.807, 2.05) is 6.92 Å². The number of nitrogens with one attached hydrogen (secondary N) is 1. The Kier molecular flexibility index (Phi) is 9.72. The van der Waals surface area contributed by atoms with Crippen molar-refractivity contribution in [1.82, 2.24) is 15.1 Å². The third kappa shape index (κ3) is 7.00. The van der Waals surface area contributed by atoms with Gasteiger partial charge in [0, 0.05) is 25.7 Å². The molecular formula is C16H32IN5O2. The maximum Gasteiger partial charge on any atom is 0.409 e. The summed E-state index contributed by atoms with van der Waals surface area (Å²) in [6.07, 6.45) is 3.94. The molecule has 2 heterocycles. The van der Waals surface area contributed by atoms with Gasteiger partial charge in [-0.1, -0.05) is 0 Å². The highest BCUT2D eigenvalue weighted by molar-refractivity contribution is 14.0. The average Bonchev–Trinajstić information content (AvgIpc) is 2.55. The lowest BCUT2D eigenvalue weighted by Gasteiger charge is -2.32. The molecule has 2 fully saturated rings. The molecule has 0 bridgehead atoms. The zero-order chi connectivity index (χ0) is 16.7. The molecule has 0 aromatic carbocycles. The topological polar surface area (TPSA) is 83.2 Å². The summed E-state index contributed by atoms with van der Waals surface area (Å²) in [6, 6.07) is 0.293. The lowest BCUT2D eigenvalue weighted by molar-refractivity contribution is 0.0963. The summed E-state index contributed by atoms with van der Waals surface area (Å²) in [5.41, 5.74) is 6.01. The Balaban J connectivity index is 0.00000288. The quantitative estimate of drug-likeness (QED) is 0.383. The summed E-state index contributed by atoms with van der Waals surface area (Å²) in [7, 11) is 2.16. The maximum absolute atomic E-state index is 11.7. The number of carbonyl (C=O) groups excluding carboxylic acids is 1. The fourth-order valence-corrected chi connectivity index (χ4v) is 3.15. The monoisotopic (exact) mass is 453 g/mol. The number of rotatable bonds is 4. The summed E-state index contributed by atoms with van der Waals surface area (Å²) < 4.78 is 5.03. The number of guanidine groups is 1. The number of amides is 1. The first-order valence-electron chi connectivity index (χ1n) is 8.75. The number of ether oxygens (including phenoxy) is 1. The van der Waals surface area contributed by atoms with Gasteiger partial charge in [-0.3, -0.25) is 4.99 Å². The van der Waals surface area contributed by atoms with Gasteiger partial charge in [0.05, 0.1) is 6.61 Å².